The van der Waals surface area contributed by atoms with Crippen molar-refractivity contribution in [2.45, 2.75) is 23.8 Å². The summed E-state index contributed by atoms with van der Waals surface area (Å²) < 4.78 is 30.0. The van der Waals surface area contributed by atoms with E-state index in [9.17, 15) is 18.0 Å². The van der Waals surface area contributed by atoms with Crippen LogP contribution in [0.25, 0.3) is 0 Å². The molecule has 7 nitrogen and oxygen atoms in total. The van der Waals surface area contributed by atoms with Crippen LogP contribution >= 0.6 is 11.6 Å². The largest absolute Gasteiger partial charge is 0.322 e. The number of carbonyl (C=O) groups is 1. The molecule has 2 bridgehead atoms. The average molecular weight is 484 g/mol. The predicted molar refractivity (Wildman–Crippen MR) is 126 cm³/mol. The minimum atomic E-state index is -3.70. The Morgan fingerprint density at radius 3 is 2.39 bits per heavy atom. The molecule has 0 spiro atoms. The molecule has 1 saturated heterocycles. The number of nitrogens with one attached hydrogen (secondary N) is 1. The van der Waals surface area contributed by atoms with Crippen LogP contribution in [-0.4, -0.2) is 36.3 Å². The lowest BCUT2D eigenvalue weighted by atomic mass is 9.84. The minimum Gasteiger partial charge on any atom is -0.322 e. The highest BCUT2D eigenvalue weighted by atomic mass is 35.5. The van der Waals surface area contributed by atoms with Gasteiger partial charge in [-0.1, -0.05) is 17.7 Å². The normalized spacial score (nSPS) is 20.2. The Morgan fingerprint density at radius 2 is 1.67 bits per heavy atom. The number of hydrogen-bond donors (Lipinski definition) is 1. The van der Waals surface area contributed by atoms with Crippen LogP contribution in [0.1, 0.15) is 28.4 Å². The zero-order valence-corrected chi connectivity index (χ0v) is 19.2. The van der Waals surface area contributed by atoms with Gasteiger partial charge >= 0.3 is 0 Å². The van der Waals surface area contributed by atoms with E-state index >= 15 is 0 Å². The van der Waals surface area contributed by atoms with Crippen molar-refractivity contribution in [3.63, 3.8) is 0 Å². The van der Waals surface area contributed by atoms with E-state index in [1.165, 1.54) is 16.4 Å². The molecule has 2 atom stereocenters. The molecule has 170 valence electrons. The standard InChI is InChI=1S/C24H22ClN3O4S/c25-19-6-4-17(5-7-19)24(30)26-20-8-10-21(11-9-20)33(31,32)27-13-16-12-18(15-27)22-2-1-3-23(29)28(22)14-16/h1-11,16,18H,12-15H2,(H,26,30)/t16-,18-/m0/s1. The van der Waals surface area contributed by atoms with E-state index in [0.29, 0.717) is 35.9 Å². The van der Waals surface area contributed by atoms with E-state index < -0.39 is 10.0 Å². The number of aromatic nitrogens is 1. The van der Waals surface area contributed by atoms with E-state index in [-0.39, 0.29) is 28.2 Å². The molecular formula is C24H22ClN3O4S. The highest BCUT2D eigenvalue weighted by Gasteiger charge is 2.39. The Kier molecular flexibility index (Phi) is 5.60. The van der Waals surface area contributed by atoms with E-state index in [1.807, 2.05) is 6.07 Å². The zero-order valence-electron chi connectivity index (χ0n) is 17.6. The fraction of sp³-hybridized carbons (Fsp3) is 0.250. The van der Waals surface area contributed by atoms with Crippen molar-refractivity contribution in [2.24, 2.45) is 5.92 Å². The molecule has 0 radical (unpaired) electrons. The third-order valence-electron chi connectivity index (χ3n) is 6.30. The van der Waals surface area contributed by atoms with Crippen LogP contribution in [0.3, 0.4) is 0 Å². The molecule has 5 rings (SSSR count). The van der Waals surface area contributed by atoms with Crippen LogP contribution in [-0.2, 0) is 16.6 Å². The van der Waals surface area contributed by atoms with Crippen LogP contribution in [0.4, 0.5) is 5.69 Å². The lowest BCUT2D eigenvalue weighted by Crippen LogP contribution is -2.48. The third kappa shape index (κ3) is 4.21. The van der Waals surface area contributed by atoms with Gasteiger partial charge in [0.25, 0.3) is 11.5 Å². The van der Waals surface area contributed by atoms with Crippen LogP contribution in [0.5, 0.6) is 0 Å². The third-order valence-corrected chi connectivity index (χ3v) is 8.40. The fourth-order valence-corrected chi connectivity index (χ4v) is 6.40. The Labute approximate surface area is 196 Å². The molecule has 9 heteroatoms. The van der Waals surface area contributed by atoms with Gasteiger partial charge in [-0.15, -0.1) is 0 Å². The quantitative estimate of drug-likeness (QED) is 0.614. The first kappa shape index (κ1) is 21.9. The molecule has 2 aromatic carbocycles. The van der Waals surface area contributed by atoms with Crippen molar-refractivity contribution in [1.29, 1.82) is 0 Å². The Morgan fingerprint density at radius 1 is 0.939 bits per heavy atom. The van der Waals surface area contributed by atoms with E-state index in [4.69, 9.17) is 11.6 Å². The molecule has 1 aromatic heterocycles. The van der Waals surface area contributed by atoms with Crippen LogP contribution in [0, 0.1) is 5.92 Å². The number of benzene rings is 2. The highest BCUT2D eigenvalue weighted by Crippen LogP contribution is 2.37. The second kappa shape index (κ2) is 8.44. The molecule has 1 fully saturated rings. The van der Waals surface area contributed by atoms with Gasteiger partial charge in [-0.2, -0.15) is 4.31 Å². The highest BCUT2D eigenvalue weighted by molar-refractivity contribution is 7.89. The molecular weight excluding hydrogens is 462 g/mol. The number of rotatable bonds is 4. The maximum Gasteiger partial charge on any atom is 0.255 e. The summed E-state index contributed by atoms with van der Waals surface area (Å²) in [5.41, 5.74) is 1.82. The Hall–Kier alpha value is -2.94. The number of halogens is 1. The molecule has 0 saturated carbocycles. The second-order valence-electron chi connectivity index (χ2n) is 8.51. The summed E-state index contributed by atoms with van der Waals surface area (Å²) >= 11 is 5.86. The summed E-state index contributed by atoms with van der Waals surface area (Å²) in [6.45, 7) is 1.26. The Balaban J connectivity index is 1.33. The molecule has 2 aliphatic rings. The first-order valence-electron chi connectivity index (χ1n) is 10.7. The van der Waals surface area contributed by atoms with Gasteiger partial charge in [0.15, 0.2) is 0 Å². The molecule has 0 aliphatic carbocycles. The van der Waals surface area contributed by atoms with Crippen molar-refractivity contribution >= 4 is 33.2 Å². The minimum absolute atomic E-state index is 0.000822. The van der Waals surface area contributed by atoms with Gasteiger partial charge in [0.2, 0.25) is 10.0 Å². The first-order valence-corrected chi connectivity index (χ1v) is 12.5. The number of carbonyl (C=O) groups excluding carboxylic acids is 1. The van der Waals surface area contributed by atoms with E-state index in [2.05, 4.69) is 5.32 Å². The number of amides is 1. The molecule has 3 heterocycles. The van der Waals surface area contributed by atoms with Gasteiger partial charge in [-0.05, 0) is 66.9 Å². The summed E-state index contributed by atoms with van der Waals surface area (Å²) in [5.74, 6) is -0.205. The number of sulfonamides is 1. The number of hydrogen-bond acceptors (Lipinski definition) is 4. The van der Waals surface area contributed by atoms with Crippen molar-refractivity contribution in [3.05, 3.63) is 93.4 Å². The SMILES string of the molecule is O=C(Nc1ccc(S(=O)(=O)N2C[C@@H]3C[C@@H](C2)c2cccc(=O)n2C3)cc1)c1ccc(Cl)cc1. The maximum atomic E-state index is 13.3. The molecule has 33 heavy (non-hydrogen) atoms. The lowest BCUT2D eigenvalue weighted by molar-refractivity contribution is 0.102. The molecule has 2 aliphatic heterocycles. The van der Waals surface area contributed by atoms with Gasteiger partial charge in [0.1, 0.15) is 0 Å². The molecule has 1 amide bonds. The number of anilines is 1. The van der Waals surface area contributed by atoms with Crippen molar-refractivity contribution in [2.75, 3.05) is 18.4 Å². The van der Waals surface area contributed by atoms with Crippen LogP contribution in [0.2, 0.25) is 5.02 Å². The monoisotopic (exact) mass is 483 g/mol. The summed E-state index contributed by atoms with van der Waals surface area (Å²) in [7, 11) is -3.70. The summed E-state index contributed by atoms with van der Waals surface area (Å²) in [5, 5.41) is 3.30. The molecule has 3 aromatic rings. The number of pyridine rings is 1. The average Bonchev–Trinajstić information content (AvgIpc) is 2.80. The first-order chi connectivity index (χ1) is 15.8. The smallest absolute Gasteiger partial charge is 0.255 e. The topological polar surface area (TPSA) is 88.5 Å². The van der Waals surface area contributed by atoms with E-state index in [1.54, 1.807) is 53.1 Å². The van der Waals surface area contributed by atoms with Gasteiger partial charge in [0.05, 0.1) is 4.90 Å². The van der Waals surface area contributed by atoms with Crippen LogP contribution < -0.4 is 10.9 Å². The molecule has 1 N–H and O–H groups in total. The number of nitrogens with zero attached hydrogens (tertiary/aromatic N) is 2. The maximum absolute atomic E-state index is 13.3. The summed E-state index contributed by atoms with van der Waals surface area (Å²) in [4.78, 5) is 24.8. The van der Waals surface area contributed by atoms with Crippen molar-refractivity contribution in [3.8, 4) is 0 Å². The number of fused-ring (bicyclic) bond motifs is 4. The number of piperidine rings is 1. The zero-order chi connectivity index (χ0) is 23.2. The summed E-state index contributed by atoms with van der Waals surface area (Å²) in [6.07, 6.45) is 0.880. The second-order valence-corrected chi connectivity index (χ2v) is 10.9. The van der Waals surface area contributed by atoms with Crippen molar-refractivity contribution in [1.82, 2.24) is 8.87 Å². The van der Waals surface area contributed by atoms with Gasteiger partial charge < -0.3 is 9.88 Å². The van der Waals surface area contributed by atoms with Crippen LogP contribution in [0.15, 0.2) is 76.4 Å². The molecule has 0 unspecified atom stereocenters. The van der Waals surface area contributed by atoms with E-state index in [0.717, 1.165) is 12.1 Å². The lowest BCUT2D eigenvalue weighted by Gasteiger charge is -2.42. The van der Waals surface area contributed by atoms with Gasteiger partial charge in [-0.3, -0.25) is 9.59 Å². The summed E-state index contributed by atoms with van der Waals surface area (Å²) in [6, 6.07) is 17.9. The van der Waals surface area contributed by atoms with Gasteiger partial charge in [0, 0.05) is 53.6 Å². The van der Waals surface area contributed by atoms with Gasteiger partial charge in [-0.25, -0.2) is 8.42 Å². The predicted octanol–water partition coefficient (Wildman–Crippen LogP) is 3.56. The van der Waals surface area contributed by atoms with Crippen molar-refractivity contribution < 1.29 is 13.2 Å². The fourth-order valence-electron chi connectivity index (χ4n) is 4.71. The Bertz CT molecular complexity index is 1370.